The molecule has 1 atom stereocenters. The second-order valence-corrected chi connectivity index (χ2v) is 3.96. The predicted octanol–water partition coefficient (Wildman–Crippen LogP) is 2.15. The molecule has 0 aromatic carbocycles. The zero-order valence-corrected chi connectivity index (χ0v) is 8.59. The van der Waals surface area contributed by atoms with Gasteiger partial charge in [-0.2, -0.15) is 15.0 Å². The molecular weight excluding hydrogens is 174 g/mol. The van der Waals surface area contributed by atoms with Crippen molar-refractivity contribution in [3.05, 3.63) is 36.7 Å². The van der Waals surface area contributed by atoms with E-state index < -0.39 is 0 Å². The topological polar surface area (TPSA) is 30.7 Å². The van der Waals surface area contributed by atoms with Gasteiger partial charge in [-0.25, -0.2) is 0 Å². The summed E-state index contributed by atoms with van der Waals surface area (Å²) in [5.74, 6) is 0.483. The standard InChI is InChI=1S/C11H15N3/c1-10(2)11(6-4-3-5-7-11)14-12-8-9-13-14/h3-6,8-10H,7H2,1-2H3. The Hall–Kier alpha value is -1.38. The average molecular weight is 189 g/mol. The average Bonchev–Trinajstić information content (AvgIpc) is 2.72. The SMILES string of the molecule is CC(C)C1(n2nccn2)C=CC=CC1. The summed E-state index contributed by atoms with van der Waals surface area (Å²) in [5, 5.41) is 8.51. The molecule has 1 aliphatic rings. The molecule has 0 amide bonds. The molecule has 0 aliphatic heterocycles. The molecule has 3 nitrogen and oxygen atoms in total. The van der Waals surface area contributed by atoms with Gasteiger partial charge in [0.25, 0.3) is 0 Å². The second-order valence-electron chi connectivity index (χ2n) is 3.96. The maximum absolute atomic E-state index is 4.25. The molecule has 2 rings (SSSR count). The van der Waals surface area contributed by atoms with Gasteiger partial charge in [0.05, 0.1) is 12.4 Å². The molecule has 0 saturated heterocycles. The van der Waals surface area contributed by atoms with Crippen LogP contribution < -0.4 is 0 Å². The number of hydrogen-bond donors (Lipinski definition) is 0. The molecule has 3 heteroatoms. The first-order chi connectivity index (χ1) is 6.76. The molecule has 1 unspecified atom stereocenters. The van der Waals surface area contributed by atoms with Crippen LogP contribution >= 0.6 is 0 Å². The highest BCUT2D eigenvalue weighted by Gasteiger charge is 2.34. The van der Waals surface area contributed by atoms with Crippen LogP contribution in [-0.2, 0) is 5.54 Å². The van der Waals surface area contributed by atoms with Gasteiger partial charge >= 0.3 is 0 Å². The third kappa shape index (κ3) is 1.29. The summed E-state index contributed by atoms with van der Waals surface area (Å²) in [4.78, 5) is 1.82. The fraction of sp³-hybridized carbons (Fsp3) is 0.455. The highest BCUT2D eigenvalue weighted by atomic mass is 15.5. The second kappa shape index (κ2) is 3.40. The Morgan fingerprint density at radius 1 is 1.21 bits per heavy atom. The van der Waals surface area contributed by atoms with Crippen LogP contribution in [0.1, 0.15) is 20.3 Å². The summed E-state index contributed by atoms with van der Waals surface area (Å²) in [5.41, 5.74) is -0.0712. The fourth-order valence-electron chi connectivity index (χ4n) is 1.86. The van der Waals surface area contributed by atoms with Gasteiger partial charge in [-0.1, -0.05) is 38.2 Å². The van der Waals surface area contributed by atoms with E-state index in [-0.39, 0.29) is 5.54 Å². The third-order valence-electron chi connectivity index (χ3n) is 2.87. The van der Waals surface area contributed by atoms with E-state index in [0.29, 0.717) is 5.92 Å². The van der Waals surface area contributed by atoms with Crippen LogP contribution in [0.4, 0.5) is 0 Å². The molecule has 0 saturated carbocycles. The minimum atomic E-state index is -0.0712. The number of aromatic nitrogens is 3. The van der Waals surface area contributed by atoms with E-state index in [4.69, 9.17) is 0 Å². The molecule has 0 N–H and O–H groups in total. The predicted molar refractivity (Wildman–Crippen MR) is 55.7 cm³/mol. The zero-order valence-electron chi connectivity index (χ0n) is 8.59. The molecule has 14 heavy (non-hydrogen) atoms. The maximum Gasteiger partial charge on any atom is 0.106 e. The first-order valence-electron chi connectivity index (χ1n) is 4.97. The van der Waals surface area contributed by atoms with Gasteiger partial charge in [0, 0.05) is 0 Å². The van der Waals surface area contributed by atoms with E-state index in [0.717, 1.165) is 6.42 Å². The molecule has 0 radical (unpaired) electrons. The van der Waals surface area contributed by atoms with E-state index in [1.165, 1.54) is 0 Å². The Bertz CT molecular complexity index is 349. The van der Waals surface area contributed by atoms with Crippen molar-refractivity contribution in [1.29, 1.82) is 0 Å². The van der Waals surface area contributed by atoms with Crippen molar-refractivity contribution in [2.24, 2.45) is 5.92 Å². The molecule has 1 aromatic heterocycles. The zero-order chi connectivity index (χ0) is 10.0. The molecular formula is C11H15N3. The summed E-state index contributed by atoms with van der Waals surface area (Å²) < 4.78 is 0. The molecule has 74 valence electrons. The van der Waals surface area contributed by atoms with Crippen LogP contribution in [0.5, 0.6) is 0 Å². The fourth-order valence-corrected chi connectivity index (χ4v) is 1.86. The van der Waals surface area contributed by atoms with Crippen molar-refractivity contribution < 1.29 is 0 Å². The lowest BCUT2D eigenvalue weighted by Gasteiger charge is -2.34. The molecule has 1 aromatic rings. The van der Waals surface area contributed by atoms with Crippen LogP contribution in [0, 0.1) is 5.92 Å². The minimum absolute atomic E-state index is 0.0712. The highest BCUT2D eigenvalue weighted by Crippen LogP contribution is 2.32. The van der Waals surface area contributed by atoms with Crippen LogP contribution in [0.3, 0.4) is 0 Å². The van der Waals surface area contributed by atoms with Crippen molar-refractivity contribution in [2.75, 3.05) is 0 Å². The van der Waals surface area contributed by atoms with E-state index in [2.05, 4.69) is 48.3 Å². The summed E-state index contributed by atoms with van der Waals surface area (Å²) in [6.07, 6.45) is 12.9. The van der Waals surface area contributed by atoms with Gasteiger partial charge in [0.1, 0.15) is 5.54 Å². The number of allylic oxidation sites excluding steroid dienone is 4. The van der Waals surface area contributed by atoms with Crippen LogP contribution in [0.2, 0.25) is 0 Å². The van der Waals surface area contributed by atoms with Crippen molar-refractivity contribution >= 4 is 0 Å². The summed E-state index contributed by atoms with van der Waals surface area (Å²) in [6, 6.07) is 0. The van der Waals surface area contributed by atoms with E-state index in [1.807, 2.05) is 4.80 Å². The molecule has 0 fully saturated rings. The van der Waals surface area contributed by atoms with Crippen LogP contribution in [-0.4, -0.2) is 15.0 Å². The van der Waals surface area contributed by atoms with Gasteiger partial charge < -0.3 is 0 Å². The summed E-state index contributed by atoms with van der Waals surface area (Å²) >= 11 is 0. The normalized spacial score (nSPS) is 25.9. The first-order valence-corrected chi connectivity index (χ1v) is 4.97. The van der Waals surface area contributed by atoms with E-state index in [9.17, 15) is 0 Å². The monoisotopic (exact) mass is 189 g/mol. The smallest absolute Gasteiger partial charge is 0.106 e. The van der Waals surface area contributed by atoms with Gasteiger partial charge in [-0.05, 0) is 12.3 Å². The minimum Gasteiger partial charge on any atom is -0.174 e. The van der Waals surface area contributed by atoms with Crippen LogP contribution in [0.15, 0.2) is 36.7 Å². The number of hydrogen-bond acceptors (Lipinski definition) is 2. The highest BCUT2D eigenvalue weighted by molar-refractivity contribution is 5.19. The van der Waals surface area contributed by atoms with Crippen LogP contribution in [0.25, 0.3) is 0 Å². The Morgan fingerprint density at radius 3 is 2.43 bits per heavy atom. The summed E-state index contributed by atoms with van der Waals surface area (Å²) in [7, 11) is 0. The first kappa shape index (κ1) is 9.19. The lowest BCUT2D eigenvalue weighted by Crippen LogP contribution is -2.39. The van der Waals surface area contributed by atoms with E-state index in [1.54, 1.807) is 12.4 Å². The van der Waals surface area contributed by atoms with Gasteiger partial charge in [0.15, 0.2) is 0 Å². The molecule has 0 spiro atoms. The maximum atomic E-state index is 4.25. The summed E-state index contributed by atoms with van der Waals surface area (Å²) in [6.45, 7) is 4.40. The lowest BCUT2D eigenvalue weighted by atomic mass is 9.81. The third-order valence-corrected chi connectivity index (χ3v) is 2.87. The number of nitrogens with zero attached hydrogens (tertiary/aromatic N) is 3. The number of rotatable bonds is 2. The van der Waals surface area contributed by atoms with Gasteiger partial charge in [-0.3, -0.25) is 0 Å². The quantitative estimate of drug-likeness (QED) is 0.713. The Kier molecular flexibility index (Phi) is 2.23. The van der Waals surface area contributed by atoms with Gasteiger partial charge in [-0.15, -0.1) is 0 Å². The molecule has 0 bridgehead atoms. The van der Waals surface area contributed by atoms with Crippen molar-refractivity contribution in [2.45, 2.75) is 25.8 Å². The van der Waals surface area contributed by atoms with Crippen molar-refractivity contribution in [1.82, 2.24) is 15.0 Å². The van der Waals surface area contributed by atoms with Crippen molar-refractivity contribution in [3.63, 3.8) is 0 Å². The largest absolute Gasteiger partial charge is 0.174 e. The Labute approximate surface area is 84.1 Å². The molecule has 1 aliphatic carbocycles. The van der Waals surface area contributed by atoms with Gasteiger partial charge in [0.2, 0.25) is 0 Å². The van der Waals surface area contributed by atoms with E-state index >= 15 is 0 Å². The van der Waals surface area contributed by atoms with Crippen molar-refractivity contribution in [3.8, 4) is 0 Å². The Morgan fingerprint density at radius 2 is 1.93 bits per heavy atom. The molecule has 1 heterocycles. The Balaban J connectivity index is 2.42. The lowest BCUT2D eigenvalue weighted by molar-refractivity contribution is 0.212.